The van der Waals surface area contributed by atoms with Crippen LogP contribution in [-0.4, -0.2) is 18.2 Å². The van der Waals surface area contributed by atoms with E-state index in [1.807, 2.05) is 24.3 Å². The number of carbonyl (C=O) groups excluding carboxylic acids is 1. The van der Waals surface area contributed by atoms with E-state index in [2.05, 4.69) is 0 Å². The molecule has 4 heteroatoms. The van der Waals surface area contributed by atoms with E-state index in [4.69, 9.17) is 9.47 Å². The fourth-order valence-corrected chi connectivity index (χ4v) is 2.21. The van der Waals surface area contributed by atoms with E-state index in [9.17, 15) is 9.90 Å². The lowest BCUT2D eigenvalue weighted by atomic mass is 10.0. The molecule has 2 aromatic rings. The van der Waals surface area contributed by atoms with E-state index in [0.717, 1.165) is 16.9 Å². The SMILES string of the molecule is COc1ccc(/C=C2\OC(=O)C=C2c2ccc(O)cc2)cc1. The lowest BCUT2D eigenvalue weighted by Crippen LogP contribution is -1.91. The van der Waals surface area contributed by atoms with Gasteiger partial charge in [-0.1, -0.05) is 24.3 Å². The zero-order valence-corrected chi connectivity index (χ0v) is 11.9. The number of ether oxygens (including phenoxy) is 2. The van der Waals surface area contributed by atoms with Crippen molar-refractivity contribution in [2.24, 2.45) is 0 Å². The molecule has 0 fully saturated rings. The summed E-state index contributed by atoms with van der Waals surface area (Å²) in [5, 5.41) is 9.36. The number of rotatable bonds is 3. The third kappa shape index (κ3) is 2.86. The first kappa shape index (κ1) is 13.9. The minimum atomic E-state index is -0.400. The monoisotopic (exact) mass is 294 g/mol. The molecule has 1 N–H and O–H groups in total. The van der Waals surface area contributed by atoms with Crippen molar-refractivity contribution >= 4 is 17.6 Å². The third-order valence-corrected chi connectivity index (χ3v) is 3.33. The molecule has 0 bridgehead atoms. The number of phenols is 1. The lowest BCUT2D eigenvalue weighted by molar-refractivity contribution is -0.132. The first-order valence-electron chi connectivity index (χ1n) is 6.75. The molecule has 3 rings (SSSR count). The van der Waals surface area contributed by atoms with Crippen molar-refractivity contribution in [2.45, 2.75) is 0 Å². The van der Waals surface area contributed by atoms with Crippen LogP contribution in [0.2, 0.25) is 0 Å². The van der Waals surface area contributed by atoms with Crippen LogP contribution in [0.1, 0.15) is 11.1 Å². The molecule has 0 saturated carbocycles. The van der Waals surface area contributed by atoms with E-state index < -0.39 is 5.97 Å². The molecular weight excluding hydrogens is 280 g/mol. The number of methoxy groups -OCH3 is 1. The molecule has 0 saturated heterocycles. The van der Waals surface area contributed by atoms with Gasteiger partial charge in [-0.2, -0.15) is 0 Å². The zero-order valence-electron chi connectivity index (χ0n) is 11.9. The number of esters is 1. The first-order valence-corrected chi connectivity index (χ1v) is 6.75. The summed E-state index contributed by atoms with van der Waals surface area (Å²) in [4.78, 5) is 11.6. The van der Waals surface area contributed by atoms with Gasteiger partial charge in [0.2, 0.25) is 0 Å². The van der Waals surface area contributed by atoms with Gasteiger partial charge in [-0.15, -0.1) is 0 Å². The molecule has 0 radical (unpaired) electrons. The van der Waals surface area contributed by atoms with Gasteiger partial charge >= 0.3 is 5.97 Å². The molecule has 22 heavy (non-hydrogen) atoms. The maximum absolute atomic E-state index is 11.6. The Kier molecular flexibility index (Phi) is 3.66. The molecule has 1 heterocycles. The van der Waals surface area contributed by atoms with Crippen molar-refractivity contribution in [1.29, 1.82) is 0 Å². The summed E-state index contributed by atoms with van der Waals surface area (Å²) < 4.78 is 10.4. The Bertz CT molecular complexity index is 753. The molecule has 2 aromatic carbocycles. The van der Waals surface area contributed by atoms with Gasteiger partial charge < -0.3 is 14.6 Å². The average molecular weight is 294 g/mol. The van der Waals surface area contributed by atoms with Gasteiger partial charge in [0.1, 0.15) is 17.3 Å². The second-order valence-corrected chi connectivity index (χ2v) is 4.81. The molecule has 0 aliphatic carbocycles. The Hall–Kier alpha value is -3.01. The number of aromatic hydroxyl groups is 1. The van der Waals surface area contributed by atoms with Crippen LogP contribution in [-0.2, 0) is 9.53 Å². The van der Waals surface area contributed by atoms with Crippen LogP contribution in [0.15, 0.2) is 60.4 Å². The number of hydrogen-bond donors (Lipinski definition) is 1. The summed E-state index contributed by atoms with van der Waals surface area (Å²) in [5.74, 6) is 1.03. The highest BCUT2D eigenvalue weighted by Gasteiger charge is 2.21. The summed E-state index contributed by atoms with van der Waals surface area (Å²) in [6.07, 6.45) is 3.24. The largest absolute Gasteiger partial charge is 0.508 e. The zero-order chi connectivity index (χ0) is 15.5. The number of benzene rings is 2. The quantitative estimate of drug-likeness (QED) is 0.882. The molecule has 0 amide bonds. The van der Waals surface area contributed by atoms with Gasteiger partial charge in [-0.05, 0) is 41.5 Å². The van der Waals surface area contributed by atoms with Gasteiger partial charge in [-0.3, -0.25) is 0 Å². The highest BCUT2D eigenvalue weighted by Crippen LogP contribution is 2.32. The minimum Gasteiger partial charge on any atom is -0.508 e. The van der Waals surface area contributed by atoms with Gasteiger partial charge in [0.25, 0.3) is 0 Å². The van der Waals surface area contributed by atoms with Crippen molar-refractivity contribution in [2.75, 3.05) is 7.11 Å². The Morgan fingerprint density at radius 1 is 1.05 bits per heavy atom. The second-order valence-electron chi connectivity index (χ2n) is 4.81. The highest BCUT2D eigenvalue weighted by atomic mass is 16.5. The number of phenolic OH excluding ortho intramolecular Hbond substituents is 1. The lowest BCUT2D eigenvalue weighted by Gasteiger charge is -2.06. The summed E-state index contributed by atoms with van der Waals surface area (Å²) in [5.41, 5.74) is 2.40. The predicted molar refractivity (Wildman–Crippen MR) is 83.1 cm³/mol. The fraction of sp³-hybridized carbons (Fsp3) is 0.0556. The number of carbonyl (C=O) groups is 1. The Morgan fingerprint density at radius 3 is 2.36 bits per heavy atom. The standard InChI is InChI=1S/C18H14O4/c1-21-15-8-2-12(3-9-15)10-17-16(11-18(20)22-17)13-4-6-14(19)7-5-13/h2-11,19H,1H3/b17-10-. The third-order valence-electron chi connectivity index (χ3n) is 3.33. The summed E-state index contributed by atoms with van der Waals surface area (Å²) in [6, 6.07) is 14.1. The maximum atomic E-state index is 11.6. The van der Waals surface area contributed by atoms with Crippen LogP contribution in [0.5, 0.6) is 11.5 Å². The van der Waals surface area contributed by atoms with Crippen molar-refractivity contribution < 1.29 is 19.4 Å². The molecular formula is C18H14O4. The summed E-state index contributed by atoms with van der Waals surface area (Å²) in [7, 11) is 1.61. The van der Waals surface area contributed by atoms with Gasteiger partial charge in [0.05, 0.1) is 7.11 Å². The molecule has 0 unspecified atom stereocenters. The fourth-order valence-electron chi connectivity index (χ4n) is 2.21. The Labute approximate surface area is 127 Å². The van der Waals surface area contributed by atoms with Crippen molar-refractivity contribution in [3.63, 3.8) is 0 Å². The van der Waals surface area contributed by atoms with Gasteiger partial charge in [0.15, 0.2) is 0 Å². The minimum absolute atomic E-state index is 0.176. The number of allylic oxidation sites excluding steroid dienone is 1. The van der Waals surface area contributed by atoms with E-state index in [0.29, 0.717) is 11.3 Å². The summed E-state index contributed by atoms with van der Waals surface area (Å²) in [6.45, 7) is 0. The molecule has 0 aromatic heterocycles. The van der Waals surface area contributed by atoms with Crippen LogP contribution < -0.4 is 4.74 Å². The average Bonchev–Trinajstić information content (AvgIpc) is 2.89. The Balaban J connectivity index is 1.94. The molecule has 0 atom stereocenters. The van der Waals surface area contributed by atoms with Crippen molar-refractivity contribution in [1.82, 2.24) is 0 Å². The smallest absolute Gasteiger partial charge is 0.336 e. The maximum Gasteiger partial charge on any atom is 0.336 e. The Morgan fingerprint density at radius 2 is 1.73 bits per heavy atom. The molecule has 1 aliphatic heterocycles. The normalized spacial score (nSPS) is 15.6. The van der Waals surface area contributed by atoms with Crippen LogP contribution >= 0.6 is 0 Å². The number of cyclic esters (lactones) is 1. The van der Waals surface area contributed by atoms with E-state index in [1.54, 1.807) is 37.5 Å². The van der Waals surface area contributed by atoms with Crippen LogP contribution in [0.3, 0.4) is 0 Å². The number of hydrogen-bond acceptors (Lipinski definition) is 4. The van der Waals surface area contributed by atoms with Crippen molar-refractivity contribution in [3.8, 4) is 11.5 Å². The molecule has 4 nitrogen and oxygen atoms in total. The molecule has 110 valence electrons. The molecule has 1 aliphatic rings. The highest BCUT2D eigenvalue weighted by molar-refractivity contribution is 6.03. The van der Waals surface area contributed by atoms with E-state index in [-0.39, 0.29) is 5.75 Å². The van der Waals surface area contributed by atoms with Crippen LogP contribution in [0, 0.1) is 0 Å². The van der Waals surface area contributed by atoms with Crippen molar-refractivity contribution in [3.05, 3.63) is 71.5 Å². The second kappa shape index (κ2) is 5.77. The van der Waals surface area contributed by atoms with E-state index >= 15 is 0 Å². The topological polar surface area (TPSA) is 55.8 Å². The summed E-state index contributed by atoms with van der Waals surface area (Å²) >= 11 is 0. The van der Waals surface area contributed by atoms with Crippen LogP contribution in [0.25, 0.3) is 11.6 Å². The van der Waals surface area contributed by atoms with Gasteiger partial charge in [-0.25, -0.2) is 4.79 Å². The predicted octanol–water partition coefficient (Wildman–Crippen LogP) is 3.38. The van der Waals surface area contributed by atoms with Crippen LogP contribution in [0.4, 0.5) is 0 Å². The first-order chi connectivity index (χ1) is 10.7. The molecule has 0 spiro atoms. The van der Waals surface area contributed by atoms with Gasteiger partial charge in [0, 0.05) is 11.6 Å². The van der Waals surface area contributed by atoms with E-state index in [1.165, 1.54) is 6.08 Å².